The third kappa shape index (κ3) is 4.29. The van der Waals surface area contributed by atoms with E-state index in [1.807, 2.05) is 0 Å². The fraction of sp³-hybridized carbons (Fsp3) is 0.263. The molecule has 1 aliphatic rings. The molecule has 2 aromatic carbocycles. The predicted octanol–water partition coefficient (Wildman–Crippen LogP) is 1.97. The fourth-order valence-electron chi connectivity index (χ4n) is 2.93. The molecule has 0 amide bonds. The number of β-amino-alcohol motifs (C(OH)–C–C–N with tert-alkyl or cyclic N) is 1. The second-order valence-electron chi connectivity index (χ2n) is 6.48. The van der Waals surface area contributed by atoms with Gasteiger partial charge in [0.05, 0.1) is 5.56 Å². The first-order valence-corrected chi connectivity index (χ1v) is 8.19. The maximum atomic E-state index is 14.3. The lowest BCUT2D eigenvalue weighted by atomic mass is 10.0. The Morgan fingerprint density at radius 3 is 2.56 bits per heavy atom. The van der Waals surface area contributed by atoms with Crippen LogP contribution in [0.1, 0.15) is 16.8 Å². The molecular weight excluding hydrogens is 360 g/mol. The topological polar surface area (TPSA) is 95.9 Å². The predicted molar refractivity (Wildman–Crippen MR) is 91.1 cm³/mol. The number of aliphatic hydroxyl groups is 1. The number of carbonyl (C=O) groups is 2. The quantitative estimate of drug-likeness (QED) is 0.690. The van der Waals surface area contributed by atoms with Crippen molar-refractivity contribution in [1.82, 2.24) is 5.32 Å². The van der Waals surface area contributed by atoms with E-state index in [9.17, 15) is 23.5 Å². The molecule has 3 N–H and O–H groups in total. The molecule has 0 aliphatic carbocycles. The summed E-state index contributed by atoms with van der Waals surface area (Å²) in [6, 6.07) is 8.45. The molecule has 1 aliphatic heterocycles. The molecule has 0 unspecified atom stereocenters. The molecule has 0 aromatic heterocycles. The Bertz CT molecular complexity index is 888. The molecule has 1 heterocycles. The van der Waals surface area contributed by atoms with E-state index >= 15 is 0 Å². The van der Waals surface area contributed by atoms with Gasteiger partial charge in [0.1, 0.15) is 29.9 Å². The minimum absolute atomic E-state index is 0.0573. The van der Waals surface area contributed by atoms with Gasteiger partial charge in [-0.3, -0.25) is 4.79 Å². The second kappa shape index (κ2) is 7.42. The first kappa shape index (κ1) is 18.9. The van der Waals surface area contributed by atoms with Gasteiger partial charge in [0, 0.05) is 13.0 Å². The summed E-state index contributed by atoms with van der Waals surface area (Å²) in [4.78, 5) is 23.0. The summed E-state index contributed by atoms with van der Waals surface area (Å²) in [5.74, 6) is -3.40. The van der Waals surface area contributed by atoms with Crippen LogP contribution in [0.5, 0.6) is 0 Å². The van der Waals surface area contributed by atoms with Gasteiger partial charge < -0.3 is 20.3 Å². The van der Waals surface area contributed by atoms with Crippen molar-refractivity contribution in [1.29, 1.82) is 0 Å². The van der Waals surface area contributed by atoms with E-state index in [0.717, 1.165) is 6.07 Å². The van der Waals surface area contributed by atoms with Crippen LogP contribution in [0.4, 0.5) is 8.78 Å². The SMILES string of the molecule is O=C(OC[C@]1(O)CN[C@H](C(=O)O)C1)c1ccc(-c2cccc(F)c2)cc1F. The average Bonchev–Trinajstić information content (AvgIpc) is 3.03. The van der Waals surface area contributed by atoms with E-state index < -0.39 is 41.8 Å². The number of hydrogen-bond acceptors (Lipinski definition) is 5. The highest BCUT2D eigenvalue weighted by Crippen LogP contribution is 2.24. The van der Waals surface area contributed by atoms with Crippen LogP contribution in [-0.4, -0.2) is 46.9 Å². The van der Waals surface area contributed by atoms with Crippen LogP contribution in [0.2, 0.25) is 0 Å². The van der Waals surface area contributed by atoms with Gasteiger partial charge in [-0.2, -0.15) is 0 Å². The molecule has 2 atom stereocenters. The Morgan fingerprint density at radius 2 is 1.93 bits per heavy atom. The van der Waals surface area contributed by atoms with Crippen LogP contribution >= 0.6 is 0 Å². The molecule has 3 rings (SSSR count). The molecular formula is C19H17F2NO5. The summed E-state index contributed by atoms with van der Waals surface area (Å²) in [6.07, 6.45) is -0.128. The van der Waals surface area contributed by atoms with Gasteiger partial charge in [0.25, 0.3) is 0 Å². The van der Waals surface area contributed by atoms with Crippen LogP contribution < -0.4 is 5.32 Å². The van der Waals surface area contributed by atoms with E-state index in [0.29, 0.717) is 11.1 Å². The number of rotatable bonds is 5. The van der Waals surface area contributed by atoms with Crippen LogP contribution in [0.15, 0.2) is 42.5 Å². The molecule has 0 bridgehead atoms. The number of halogens is 2. The van der Waals surface area contributed by atoms with Crippen LogP contribution in [-0.2, 0) is 9.53 Å². The van der Waals surface area contributed by atoms with E-state index in [1.54, 1.807) is 6.07 Å². The number of nitrogens with one attached hydrogen (secondary N) is 1. The highest BCUT2D eigenvalue weighted by Gasteiger charge is 2.41. The van der Waals surface area contributed by atoms with Crippen molar-refractivity contribution in [2.45, 2.75) is 18.1 Å². The summed E-state index contributed by atoms with van der Waals surface area (Å²) >= 11 is 0. The van der Waals surface area contributed by atoms with Crippen molar-refractivity contribution in [3.05, 3.63) is 59.7 Å². The average molecular weight is 377 g/mol. The number of carbonyl (C=O) groups excluding carboxylic acids is 1. The number of ether oxygens (including phenoxy) is 1. The molecule has 6 nitrogen and oxygen atoms in total. The third-order valence-corrected chi connectivity index (χ3v) is 4.38. The van der Waals surface area contributed by atoms with Gasteiger partial charge in [-0.15, -0.1) is 0 Å². The molecule has 2 aromatic rings. The summed E-state index contributed by atoms with van der Waals surface area (Å²) in [6.45, 7) is -0.522. The Hall–Kier alpha value is -2.84. The summed E-state index contributed by atoms with van der Waals surface area (Å²) in [7, 11) is 0. The first-order chi connectivity index (χ1) is 12.8. The highest BCUT2D eigenvalue weighted by atomic mass is 19.1. The summed E-state index contributed by atoms with van der Waals surface area (Å²) < 4.78 is 32.6. The standard InChI is InChI=1S/C19H17F2NO5/c20-13-3-1-2-11(6-13)12-4-5-14(15(21)7-12)18(25)27-10-19(26)8-16(17(23)24)22-9-19/h1-7,16,22,26H,8-10H2,(H,23,24)/t16-,19+/m0/s1. The molecule has 0 saturated carbocycles. The van der Waals surface area contributed by atoms with Crippen LogP contribution in [0.3, 0.4) is 0 Å². The smallest absolute Gasteiger partial charge is 0.341 e. The van der Waals surface area contributed by atoms with Crippen molar-refractivity contribution in [3.63, 3.8) is 0 Å². The number of hydrogen-bond donors (Lipinski definition) is 3. The number of esters is 1. The van der Waals surface area contributed by atoms with Gasteiger partial charge in [-0.25, -0.2) is 13.6 Å². The van der Waals surface area contributed by atoms with E-state index in [1.165, 1.54) is 30.3 Å². The summed E-state index contributed by atoms with van der Waals surface area (Å²) in [5.41, 5.74) is -1.01. The second-order valence-corrected chi connectivity index (χ2v) is 6.48. The molecule has 8 heteroatoms. The Kier molecular flexibility index (Phi) is 5.20. The lowest BCUT2D eigenvalue weighted by Gasteiger charge is -2.21. The van der Waals surface area contributed by atoms with Crippen molar-refractivity contribution in [2.75, 3.05) is 13.2 Å². The Morgan fingerprint density at radius 1 is 1.19 bits per heavy atom. The van der Waals surface area contributed by atoms with Gasteiger partial charge in [0.2, 0.25) is 0 Å². The Labute approximate surface area is 153 Å². The van der Waals surface area contributed by atoms with Crippen LogP contribution in [0, 0.1) is 11.6 Å². The zero-order valence-corrected chi connectivity index (χ0v) is 14.1. The molecule has 0 spiro atoms. The minimum Gasteiger partial charge on any atom is -0.480 e. The number of aliphatic carboxylic acids is 1. The van der Waals surface area contributed by atoms with Gasteiger partial charge >= 0.3 is 11.9 Å². The maximum absolute atomic E-state index is 14.3. The van der Waals surface area contributed by atoms with Gasteiger partial charge in [-0.1, -0.05) is 18.2 Å². The van der Waals surface area contributed by atoms with Crippen molar-refractivity contribution < 1.29 is 33.3 Å². The molecule has 1 saturated heterocycles. The molecule has 27 heavy (non-hydrogen) atoms. The number of carboxylic acid groups (broad SMARTS) is 1. The fourth-order valence-corrected chi connectivity index (χ4v) is 2.93. The molecule has 0 radical (unpaired) electrons. The number of carboxylic acids is 1. The number of benzene rings is 2. The highest BCUT2D eigenvalue weighted by molar-refractivity contribution is 5.90. The monoisotopic (exact) mass is 377 g/mol. The third-order valence-electron chi connectivity index (χ3n) is 4.38. The molecule has 1 fully saturated rings. The first-order valence-electron chi connectivity index (χ1n) is 8.19. The van der Waals surface area contributed by atoms with Crippen LogP contribution in [0.25, 0.3) is 11.1 Å². The van der Waals surface area contributed by atoms with Crippen molar-refractivity contribution >= 4 is 11.9 Å². The van der Waals surface area contributed by atoms with E-state index in [-0.39, 0.29) is 18.5 Å². The van der Waals surface area contributed by atoms with Gasteiger partial charge in [0.15, 0.2) is 0 Å². The van der Waals surface area contributed by atoms with E-state index in [2.05, 4.69) is 5.32 Å². The lowest BCUT2D eigenvalue weighted by molar-refractivity contribution is -0.139. The van der Waals surface area contributed by atoms with Gasteiger partial charge in [-0.05, 0) is 35.4 Å². The molecule has 142 valence electrons. The maximum Gasteiger partial charge on any atom is 0.341 e. The van der Waals surface area contributed by atoms with Crippen molar-refractivity contribution in [2.24, 2.45) is 0 Å². The Balaban J connectivity index is 1.68. The summed E-state index contributed by atoms with van der Waals surface area (Å²) in [5, 5.41) is 21.8. The van der Waals surface area contributed by atoms with E-state index in [4.69, 9.17) is 9.84 Å². The normalized spacial score (nSPS) is 21.8. The zero-order chi connectivity index (χ0) is 19.6. The zero-order valence-electron chi connectivity index (χ0n) is 14.1. The largest absolute Gasteiger partial charge is 0.480 e. The minimum atomic E-state index is -1.53. The lowest BCUT2D eigenvalue weighted by Crippen LogP contribution is -2.37. The van der Waals surface area contributed by atoms with Crippen molar-refractivity contribution in [3.8, 4) is 11.1 Å².